The van der Waals surface area contributed by atoms with Crippen molar-refractivity contribution in [2.75, 3.05) is 6.54 Å². The highest BCUT2D eigenvalue weighted by Crippen LogP contribution is 2.19. The zero-order valence-corrected chi connectivity index (χ0v) is 9.32. The van der Waals surface area contributed by atoms with Crippen molar-refractivity contribution in [1.29, 1.82) is 0 Å². The first-order chi connectivity index (χ1) is 6.61. The maximum absolute atomic E-state index is 11.2. The maximum Gasteiger partial charge on any atom is 0.224 e. The molecule has 1 aromatic rings. The lowest BCUT2D eigenvalue weighted by molar-refractivity contribution is -0.120. The average molecular weight is 232 g/mol. The molecule has 0 saturated heterocycles. The Balaban J connectivity index is 2.71. The molecule has 14 heavy (non-hydrogen) atoms. The summed E-state index contributed by atoms with van der Waals surface area (Å²) in [4.78, 5) is 11.2. The van der Waals surface area contributed by atoms with Crippen LogP contribution in [0.25, 0.3) is 0 Å². The molecule has 76 valence electrons. The summed E-state index contributed by atoms with van der Waals surface area (Å²) in [5, 5.41) is 3.81. The molecule has 0 aliphatic carbocycles. The molecule has 0 aliphatic heterocycles. The van der Waals surface area contributed by atoms with Gasteiger partial charge in [-0.3, -0.25) is 4.79 Å². The average Bonchev–Trinajstić information content (AvgIpc) is 2.01. The van der Waals surface area contributed by atoms with Gasteiger partial charge in [0.2, 0.25) is 5.91 Å². The van der Waals surface area contributed by atoms with Crippen molar-refractivity contribution in [3.8, 4) is 0 Å². The van der Waals surface area contributed by atoms with Crippen LogP contribution in [0, 0.1) is 0 Å². The van der Waals surface area contributed by atoms with E-state index in [1.54, 1.807) is 18.2 Å². The number of benzene rings is 1. The van der Waals surface area contributed by atoms with Gasteiger partial charge in [-0.15, -0.1) is 0 Å². The number of rotatable bonds is 3. The van der Waals surface area contributed by atoms with E-state index in [0.717, 1.165) is 5.56 Å². The number of nitrogens with one attached hydrogen (secondary N) is 1. The Morgan fingerprint density at radius 1 is 1.29 bits per heavy atom. The van der Waals surface area contributed by atoms with Gasteiger partial charge in [0, 0.05) is 16.6 Å². The molecule has 0 heterocycles. The number of carbonyl (C=O) groups excluding carboxylic acids is 1. The quantitative estimate of drug-likeness (QED) is 0.852. The lowest BCUT2D eigenvalue weighted by atomic mass is 10.1. The van der Waals surface area contributed by atoms with Crippen LogP contribution in [0.1, 0.15) is 12.5 Å². The summed E-state index contributed by atoms with van der Waals surface area (Å²) < 4.78 is 0. The first-order valence-electron chi connectivity index (χ1n) is 4.33. The van der Waals surface area contributed by atoms with Crippen LogP contribution < -0.4 is 5.32 Å². The summed E-state index contributed by atoms with van der Waals surface area (Å²) in [5.41, 5.74) is 0.827. The first-order valence-corrected chi connectivity index (χ1v) is 5.09. The van der Waals surface area contributed by atoms with Gasteiger partial charge in [0.15, 0.2) is 0 Å². The summed E-state index contributed by atoms with van der Waals surface area (Å²) in [5.74, 6) is -0.0224. The van der Waals surface area contributed by atoms with Crippen LogP contribution in [0.3, 0.4) is 0 Å². The molecular formula is C10H11Cl2NO. The zero-order chi connectivity index (χ0) is 10.6. The number of amides is 1. The van der Waals surface area contributed by atoms with Gasteiger partial charge in [0.25, 0.3) is 0 Å². The van der Waals surface area contributed by atoms with Crippen LogP contribution in [-0.2, 0) is 11.2 Å². The standard InChI is InChI=1S/C10H11Cl2NO/c1-2-13-10(14)5-7-3-8(11)6-9(12)4-7/h3-4,6H,2,5H2,1H3,(H,13,14). The van der Waals surface area contributed by atoms with E-state index in [0.29, 0.717) is 23.0 Å². The minimum absolute atomic E-state index is 0.0224. The minimum atomic E-state index is -0.0224. The van der Waals surface area contributed by atoms with Crippen molar-refractivity contribution in [3.63, 3.8) is 0 Å². The molecule has 0 bridgehead atoms. The van der Waals surface area contributed by atoms with Gasteiger partial charge in [-0.2, -0.15) is 0 Å². The van der Waals surface area contributed by atoms with Crippen LogP contribution in [-0.4, -0.2) is 12.5 Å². The highest BCUT2D eigenvalue weighted by molar-refractivity contribution is 6.34. The topological polar surface area (TPSA) is 29.1 Å². The Kier molecular flexibility index (Phi) is 4.23. The molecule has 0 unspecified atom stereocenters. The Hall–Kier alpha value is -0.730. The Bertz CT molecular complexity index is 319. The second kappa shape index (κ2) is 5.23. The van der Waals surface area contributed by atoms with Gasteiger partial charge in [0.1, 0.15) is 0 Å². The molecule has 1 N–H and O–H groups in total. The molecule has 0 spiro atoms. The Morgan fingerprint density at radius 3 is 2.36 bits per heavy atom. The maximum atomic E-state index is 11.2. The van der Waals surface area contributed by atoms with Crippen molar-refractivity contribution >= 4 is 29.1 Å². The van der Waals surface area contributed by atoms with Gasteiger partial charge in [0.05, 0.1) is 6.42 Å². The number of hydrogen-bond donors (Lipinski definition) is 1. The van der Waals surface area contributed by atoms with Gasteiger partial charge in [-0.25, -0.2) is 0 Å². The molecule has 4 heteroatoms. The SMILES string of the molecule is CCNC(=O)Cc1cc(Cl)cc(Cl)c1. The van der Waals surface area contributed by atoms with Crippen molar-refractivity contribution in [2.24, 2.45) is 0 Å². The van der Waals surface area contributed by atoms with Crippen molar-refractivity contribution in [1.82, 2.24) is 5.32 Å². The third kappa shape index (κ3) is 3.56. The Labute approximate surface area is 93.2 Å². The van der Waals surface area contributed by atoms with Gasteiger partial charge in [-0.05, 0) is 30.7 Å². The molecule has 2 nitrogen and oxygen atoms in total. The molecular weight excluding hydrogens is 221 g/mol. The summed E-state index contributed by atoms with van der Waals surface area (Å²) in [6.45, 7) is 2.51. The fourth-order valence-corrected chi connectivity index (χ4v) is 1.73. The van der Waals surface area contributed by atoms with E-state index in [-0.39, 0.29) is 5.91 Å². The van der Waals surface area contributed by atoms with Crippen molar-refractivity contribution in [2.45, 2.75) is 13.3 Å². The van der Waals surface area contributed by atoms with E-state index >= 15 is 0 Å². The number of hydrogen-bond acceptors (Lipinski definition) is 1. The lowest BCUT2D eigenvalue weighted by Crippen LogP contribution is -2.24. The molecule has 0 fully saturated rings. The monoisotopic (exact) mass is 231 g/mol. The summed E-state index contributed by atoms with van der Waals surface area (Å²) in [7, 11) is 0. The molecule has 0 radical (unpaired) electrons. The summed E-state index contributed by atoms with van der Waals surface area (Å²) >= 11 is 11.6. The smallest absolute Gasteiger partial charge is 0.224 e. The predicted molar refractivity (Wildman–Crippen MR) is 58.8 cm³/mol. The van der Waals surface area contributed by atoms with Crippen LogP contribution in [0.5, 0.6) is 0 Å². The van der Waals surface area contributed by atoms with Gasteiger partial charge < -0.3 is 5.32 Å². The highest BCUT2D eigenvalue weighted by Gasteiger charge is 2.03. The third-order valence-corrected chi connectivity index (χ3v) is 2.10. The third-order valence-electron chi connectivity index (χ3n) is 1.66. The summed E-state index contributed by atoms with van der Waals surface area (Å²) in [6.07, 6.45) is 0.314. The van der Waals surface area contributed by atoms with Crippen molar-refractivity contribution < 1.29 is 4.79 Å². The van der Waals surface area contributed by atoms with E-state index in [1.807, 2.05) is 6.92 Å². The summed E-state index contributed by atoms with van der Waals surface area (Å²) in [6, 6.07) is 5.12. The fraction of sp³-hybridized carbons (Fsp3) is 0.300. The fourth-order valence-electron chi connectivity index (χ4n) is 1.16. The van der Waals surface area contributed by atoms with Crippen LogP contribution in [0.4, 0.5) is 0 Å². The van der Waals surface area contributed by atoms with Crippen LogP contribution >= 0.6 is 23.2 Å². The lowest BCUT2D eigenvalue weighted by Gasteiger charge is -2.03. The molecule has 1 aromatic carbocycles. The molecule has 0 atom stereocenters. The number of carbonyl (C=O) groups is 1. The first kappa shape index (κ1) is 11.3. The minimum Gasteiger partial charge on any atom is -0.356 e. The van der Waals surface area contributed by atoms with Gasteiger partial charge >= 0.3 is 0 Å². The molecule has 1 rings (SSSR count). The molecule has 1 amide bonds. The second-order valence-electron chi connectivity index (χ2n) is 2.91. The van der Waals surface area contributed by atoms with E-state index in [2.05, 4.69) is 5.32 Å². The predicted octanol–water partition coefficient (Wildman–Crippen LogP) is 2.67. The van der Waals surface area contributed by atoms with E-state index < -0.39 is 0 Å². The highest BCUT2D eigenvalue weighted by atomic mass is 35.5. The van der Waals surface area contributed by atoms with Crippen molar-refractivity contribution in [3.05, 3.63) is 33.8 Å². The second-order valence-corrected chi connectivity index (χ2v) is 3.78. The number of likely N-dealkylation sites (N-methyl/N-ethyl adjacent to an activating group) is 1. The zero-order valence-electron chi connectivity index (χ0n) is 7.81. The van der Waals surface area contributed by atoms with Crippen LogP contribution in [0.15, 0.2) is 18.2 Å². The van der Waals surface area contributed by atoms with E-state index in [1.165, 1.54) is 0 Å². The molecule has 0 aromatic heterocycles. The van der Waals surface area contributed by atoms with Gasteiger partial charge in [-0.1, -0.05) is 23.2 Å². The number of halogens is 2. The van der Waals surface area contributed by atoms with Crippen LogP contribution in [0.2, 0.25) is 10.0 Å². The Morgan fingerprint density at radius 2 is 1.86 bits per heavy atom. The van der Waals surface area contributed by atoms with E-state index in [4.69, 9.17) is 23.2 Å². The largest absolute Gasteiger partial charge is 0.356 e. The van der Waals surface area contributed by atoms with E-state index in [9.17, 15) is 4.79 Å². The molecule has 0 aliphatic rings. The molecule has 0 saturated carbocycles. The normalized spacial score (nSPS) is 9.93.